The highest BCUT2D eigenvalue weighted by Gasteiger charge is 2.29. The summed E-state index contributed by atoms with van der Waals surface area (Å²) in [4.78, 5) is 63.4. The van der Waals surface area contributed by atoms with E-state index in [0.717, 1.165) is 5.56 Å². The quantitative estimate of drug-likeness (QED) is 0.0800. The summed E-state index contributed by atoms with van der Waals surface area (Å²) < 4.78 is 16.0. The topological polar surface area (TPSA) is 187 Å². The first-order valence-electron chi connectivity index (χ1n) is 16.9. The van der Waals surface area contributed by atoms with Gasteiger partial charge in [0.2, 0.25) is 11.8 Å². The fourth-order valence-corrected chi connectivity index (χ4v) is 4.44. The van der Waals surface area contributed by atoms with Gasteiger partial charge in [-0.2, -0.15) is 0 Å². The summed E-state index contributed by atoms with van der Waals surface area (Å²) in [5.74, 6) is -1.54. The number of rotatable bonds is 19. The molecule has 6 N–H and O–H groups in total. The number of carbonyl (C=O) groups excluding carboxylic acids is 5. The van der Waals surface area contributed by atoms with Crippen molar-refractivity contribution in [3.05, 3.63) is 35.9 Å². The number of hydrogen-bond acceptors (Lipinski definition) is 9. The maximum atomic E-state index is 13.5. The average molecular weight is 678 g/mol. The highest BCUT2D eigenvalue weighted by molar-refractivity contribution is 5.92. The number of nitrogens with one attached hydrogen (secondary N) is 4. The van der Waals surface area contributed by atoms with E-state index in [1.165, 1.54) is 0 Å². The highest BCUT2D eigenvalue weighted by atomic mass is 16.6. The summed E-state index contributed by atoms with van der Waals surface area (Å²) in [5, 5.41) is 10.9. The molecule has 4 amide bonds. The van der Waals surface area contributed by atoms with E-state index in [9.17, 15) is 24.0 Å². The fraction of sp³-hybridized carbons (Fsp3) is 0.686. The van der Waals surface area contributed by atoms with E-state index in [0.29, 0.717) is 51.6 Å². The summed E-state index contributed by atoms with van der Waals surface area (Å²) in [6, 6.07) is 6.44. The van der Waals surface area contributed by atoms with Gasteiger partial charge in [-0.25, -0.2) is 14.4 Å². The zero-order valence-electron chi connectivity index (χ0n) is 30.1. The number of nitrogens with two attached hydrogens (primary N) is 1. The number of amides is 4. The average Bonchev–Trinajstić information content (AvgIpc) is 2.96. The molecule has 0 fully saturated rings. The third-order valence-corrected chi connectivity index (χ3v) is 6.70. The van der Waals surface area contributed by atoms with Gasteiger partial charge in [-0.1, -0.05) is 44.2 Å². The van der Waals surface area contributed by atoms with Crippen LogP contribution in [0, 0.1) is 5.92 Å². The van der Waals surface area contributed by atoms with Gasteiger partial charge in [0, 0.05) is 13.1 Å². The van der Waals surface area contributed by atoms with Crippen LogP contribution >= 0.6 is 0 Å². The summed E-state index contributed by atoms with van der Waals surface area (Å²) in [7, 11) is 0. The van der Waals surface area contributed by atoms with E-state index >= 15 is 0 Å². The largest absolute Gasteiger partial charge is 0.459 e. The lowest BCUT2D eigenvalue weighted by atomic mass is 10.0. The Hall–Kier alpha value is -3.87. The first kappa shape index (κ1) is 42.2. The van der Waals surface area contributed by atoms with Gasteiger partial charge in [0.25, 0.3) is 0 Å². The Labute approximate surface area is 286 Å². The molecule has 13 nitrogen and oxygen atoms in total. The van der Waals surface area contributed by atoms with Crippen molar-refractivity contribution < 1.29 is 38.2 Å². The molecule has 0 aromatic heterocycles. The van der Waals surface area contributed by atoms with Crippen LogP contribution in [0.5, 0.6) is 0 Å². The second-order valence-electron chi connectivity index (χ2n) is 14.3. The Kier molecular flexibility index (Phi) is 18.6. The molecule has 0 spiro atoms. The van der Waals surface area contributed by atoms with Crippen LogP contribution in [0.3, 0.4) is 0 Å². The summed E-state index contributed by atoms with van der Waals surface area (Å²) in [6.45, 7) is 15.3. The molecule has 48 heavy (non-hydrogen) atoms. The minimum atomic E-state index is -0.972. The minimum absolute atomic E-state index is 0.0422. The second-order valence-corrected chi connectivity index (χ2v) is 14.3. The Morgan fingerprint density at radius 3 is 1.71 bits per heavy atom. The predicted molar refractivity (Wildman–Crippen MR) is 184 cm³/mol. The zero-order chi connectivity index (χ0) is 36.3. The summed E-state index contributed by atoms with van der Waals surface area (Å²) in [6.07, 6.45) is 2.10. The minimum Gasteiger partial charge on any atom is -0.459 e. The van der Waals surface area contributed by atoms with E-state index in [2.05, 4.69) is 21.3 Å². The van der Waals surface area contributed by atoms with Gasteiger partial charge in [0.05, 0.1) is 6.04 Å². The summed E-state index contributed by atoms with van der Waals surface area (Å²) in [5.41, 5.74) is 5.74. The van der Waals surface area contributed by atoms with Crippen LogP contribution in [0.2, 0.25) is 0 Å². The molecule has 272 valence electrons. The van der Waals surface area contributed by atoms with E-state index in [-0.39, 0.29) is 18.9 Å². The fourth-order valence-electron chi connectivity index (χ4n) is 4.44. The van der Waals surface area contributed by atoms with Crippen LogP contribution in [-0.2, 0) is 35.2 Å². The van der Waals surface area contributed by atoms with E-state index in [4.69, 9.17) is 19.9 Å². The van der Waals surface area contributed by atoms with E-state index < -0.39 is 59.3 Å². The number of carbonyl (C=O) groups is 5. The van der Waals surface area contributed by atoms with Crippen molar-refractivity contribution in [1.29, 1.82) is 0 Å². The number of esters is 1. The molecule has 3 atom stereocenters. The van der Waals surface area contributed by atoms with Crippen LogP contribution in [0.4, 0.5) is 9.59 Å². The number of unbranched alkanes of at least 4 members (excludes halogenated alkanes) is 2. The van der Waals surface area contributed by atoms with Crippen LogP contribution in [0.25, 0.3) is 0 Å². The lowest BCUT2D eigenvalue weighted by Gasteiger charge is -2.25. The van der Waals surface area contributed by atoms with Crippen LogP contribution in [-0.4, -0.2) is 72.4 Å². The molecular weight excluding hydrogens is 618 g/mol. The molecule has 0 bridgehead atoms. The lowest BCUT2D eigenvalue weighted by Crippen LogP contribution is -2.55. The molecule has 1 aromatic carbocycles. The van der Waals surface area contributed by atoms with E-state index in [1.807, 2.05) is 44.2 Å². The molecule has 0 radical (unpaired) electrons. The van der Waals surface area contributed by atoms with Crippen molar-refractivity contribution in [2.75, 3.05) is 13.1 Å². The molecule has 1 rings (SSSR count). The predicted octanol–water partition coefficient (Wildman–Crippen LogP) is 4.46. The van der Waals surface area contributed by atoms with Crippen molar-refractivity contribution in [2.24, 2.45) is 11.7 Å². The molecular formula is C35H59N5O8. The number of hydrogen-bond donors (Lipinski definition) is 5. The van der Waals surface area contributed by atoms with Gasteiger partial charge in [-0.15, -0.1) is 0 Å². The van der Waals surface area contributed by atoms with Gasteiger partial charge in [0.15, 0.2) is 0 Å². The standard InChI is InChI=1S/C35H59N5O8/c1-24(2)22-28(40-29(41)26(36)18-12-14-20-37-32(44)47-34(3,4)5)30(42)39-27(31(43)46-23-25-16-10-9-11-17-25)19-13-15-21-38-33(45)48-35(6,7)8/h9-11,16-17,24,26-28H,12-15,18-23,36H2,1-8H3,(H,37,44)(H,38,45)(H,39,42)(H,40,41)/t26-,27-,28-/m0/s1. The first-order valence-corrected chi connectivity index (χ1v) is 16.9. The van der Waals surface area contributed by atoms with Gasteiger partial charge in [-0.3, -0.25) is 9.59 Å². The molecule has 0 aliphatic rings. The van der Waals surface area contributed by atoms with Crippen molar-refractivity contribution >= 4 is 30.0 Å². The smallest absolute Gasteiger partial charge is 0.407 e. The third-order valence-electron chi connectivity index (χ3n) is 6.70. The lowest BCUT2D eigenvalue weighted by molar-refractivity contribution is -0.149. The molecule has 0 saturated heterocycles. The normalized spacial score (nSPS) is 13.5. The molecule has 13 heteroatoms. The number of ether oxygens (including phenoxy) is 3. The van der Waals surface area contributed by atoms with Crippen molar-refractivity contribution in [3.8, 4) is 0 Å². The second kappa shape index (κ2) is 21.2. The molecule has 0 saturated carbocycles. The van der Waals surface area contributed by atoms with Crippen LogP contribution in [0.15, 0.2) is 30.3 Å². The van der Waals surface area contributed by atoms with Gasteiger partial charge < -0.3 is 41.2 Å². The van der Waals surface area contributed by atoms with Crippen molar-refractivity contribution in [3.63, 3.8) is 0 Å². The van der Waals surface area contributed by atoms with Gasteiger partial charge in [-0.05, 0) is 98.0 Å². The monoisotopic (exact) mass is 677 g/mol. The first-order chi connectivity index (χ1) is 22.4. The van der Waals surface area contributed by atoms with Crippen molar-refractivity contribution in [1.82, 2.24) is 21.3 Å². The zero-order valence-corrected chi connectivity index (χ0v) is 30.1. The molecule has 0 unspecified atom stereocenters. The van der Waals surface area contributed by atoms with Gasteiger partial charge >= 0.3 is 18.2 Å². The Bertz CT molecular complexity index is 1150. The van der Waals surface area contributed by atoms with Crippen LogP contribution < -0.4 is 27.0 Å². The molecule has 1 aromatic rings. The molecule has 0 aliphatic carbocycles. The molecule has 0 heterocycles. The Balaban J connectivity index is 2.77. The number of alkyl carbamates (subject to hydrolysis) is 2. The Morgan fingerprint density at radius 2 is 1.21 bits per heavy atom. The SMILES string of the molecule is CC(C)C[C@H](NC(=O)[C@@H](N)CCCCNC(=O)OC(C)(C)C)C(=O)N[C@@H](CCCCNC(=O)OC(C)(C)C)C(=O)OCc1ccccc1. The highest BCUT2D eigenvalue weighted by Crippen LogP contribution is 2.12. The number of benzene rings is 1. The van der Waals surface area contributed by atoms with Crippen LogP contribution in [0.1, 0.15) is 106 Å². The maximum absolute atomic E-state index is 13.5. The van der Waals surface area contributed by atoms with Crippen molar-refractivity contribution in [2.45, 2.75) is 136 Å². The maximum Gasteiger partial charge on any atom is 0.407 e. The third kappa shape index (κ3) is 20.4. The van der Waals surface area contributed by atoms with E-state index in [1.54, 1.807) is 41.5 Å². The van der Waals surface area contributed by atoms with Gasteiger partial charge in [0.1, 0.15) is 29.9 Å². The summed E-state index contributed by atoms with van der Waals surface area (Å²) >= 11 is 0. The Morgan fingerprint density at radius 1 is 0.708 bits per heavy atom. The molecule has 0 aliphatic heterocycles.